The third-order valence-corrected chi connectivity index (χ3v) is 2.39. The van der Waals surface area contributed by atoms with E-state index in [1.54, 1.807) is 0 Å². The Morgan fingerprint density at radius 1 is 1.44 bits per heavy atom. The molecule has 12 heteroatoms. The number of phosphoric ester groups is 1. The van der Waals surface area contributed by atoms with Crippen molar-refractivity contribution in [1.29, 1.82) is 0 Å². The summed E-state index contributed by atoms with van der Waals surface area (Å²) in [6, 6.07) is 0. The van der Waals surface area contributed by atoms with E-state index in [-0.39, 0.29) is 6.41 Å². The van der Waals surface area contributed by atoms with Crippen LogP contribution in [0.25, 0.3) is 0 Å². The van der Waals surface area contributed by atoms with Crippen molar-refractivity contribution in [2.24, 2.45) is 10.7 Å². The fraction of sp³-hybridized carbons (Fsp3) is 0.667. The molecule has 0 spiro atoms. The van der Waals surface area contributed by atoms with Gasteiger partial charge in [0.15, 0.2) is 18.5 Å². The second kappa shape index (κ2) is 5.71. The van der Waals surface area contributed by atoms with E-state index in [2.05, 4.69) is 9.52 Å². The molecule has 0 aromatic rings. The molecule has 1 saturated heterocycles. The third kappa shape index (κ3) is 3.99. The predicted octanol–water partition coefficient (Wildman–Crippen LogP) is -3.44. The Balaban J connectivity index is 2.72. The van der Waals surface area contributed by atoms with Crippen molar-refractivity contribution in [3.8, 4) is 0 Å². The van der Waals surface area contributed by atoms with Crippen molar-refractivity contribution in [3.63, 3.8) is 0 Å². The highest BCUT2D eigenvalue weighted by Crippen LogP contribution is 2.41. The van der Waals surface area contributed by atoms with Gasteiger partial charge in [0.05, 0.1) is 0 Å². The van der Waals surface area contributed by atoms with Gasteiger partial charge in [-0.2, -0.15) is 0 Å². The van der Waals surface area contributed by atoms with Crippen LogP contribution in [0.4, 0.5) is 0 Å². The minimum Gasteiger partial charge on any atom is -0.385 e. The number of nitrogens with one attached hydrogen (secondary N) is 1. The van der Waals surface area contributed by atoms with E-state index >= 15 is 0 Å². The standard InChI is InChI=1S/C6H12N3O8P/c7-6(8-1-10)9-4-2(11)3(12)5(16-4)17-18(13,14)15/h1-5,11-12H,(H2,13,14,15)(H3,7,8,9,10). The largest absolute Gasteiger partial charge is 0.472 e. The maximum Gasteiger partial charge on any atom is 0.472 e. The first kappa shape index (κ1) is 15.0. The predicted molar refractivity (Wildman–Crippen MR) is 54.6 cm³/mol. The maximum absolute atomic E-state index is 10.6. The zero-order chi connectivity index (χ0) is 13.9. The van der Waals surface area contributed by atoms with Gasteiger partial charge in [0.1, 0.15) is 12.2 Å². The van der Waals surface area contributed by atoms with E-state index in [1.165, 1.54) is 0 Å². The molecule has 7 N–H and O–H groups in total. The molecule has 0 aromatic carbocycles. The Morgan fingerprint density at radius 3 is 2.56 bits per heavy atom. The normalized spacial score (nSPS) is 33.4. The molecule has 1 rings (SSSR count). The van der Waals surface area contributed by atoms with Crippen molar-refractivity contribution >= 4 is 20.2 Å². The topological polar surface area (TPSA) is 184 Å². The number of guanidine groups is 1. The molecule has 18 heavy (non-hydrogen) atoms. The van der Waals surface area contributed by atoms with E-state index < -0.39 is 38.5 Å². The number of phosphoric acid groups is 1. The zero-order valence-electron chi connectivity index (χ0n) is 8.78. The number of amides is 1. The summed E-state index contributed by atoms with van der Waals surface area (Å²) >= 11 is 0. The number of carbonyl (C=O) groups is 1. The maximum atomic E-state index is 10.6. The van der Waals surface area contributed by atoms with Gasteiger partial charge in [-0.15, -0.1) is 0 Å². The van der Waals surface area contributed by atoms with E-state index in [4.69, 9.17) is 20.3 Å². The first-order chi connectivity index (χ1) is 8.24. The molecule has 104 valence electrons. The van der Waals surface area contributed by atoms with Gasteiger partial charge in [-0.25, -0.2) is 9.56 Å². The lowest BCUT2D eigenvalue weighted by molar-refractivity contribution is -0.118. The number of nitrogens with two attached hydrogens (primary N) is 1. The molecule has 1 heterocycles. The summed E-state index contributed by atoms with van der Waals surface area (Å²) in [5, 5.41) is 20.8. The smallest absolute Gasteiger partial charge is 0.385 e. The number of nitrogens with zero attached hydrogens (tertiary/aromatic N) is 1. The summed E-state index contributed by atoms with van der Waals surface area (Å²) in [5.41, 5.74) is 5.18. The number of aliphatic hydroxyl groups is 2. The van der Waals surface area contributed by atoms with Crippen LogP contribution < -0.4 is 11.1 Å². The number of aliphatic imine (C=N–C) groups is 1. The van der Waals surface area contributed by atoms with Gasteiger partial charge in [0.25, 0.3) is 0 Å². The fourth-order valence-electron chi connectivity index (χ4n) is 1.19. The lowest BCUT2D eigenvalue weighted by atomic mass is 10.2. The number of ether oxygens (including phenoxy) is 1. The summed E-state index contributed by atoms with van der Waals surface area (Å²) < 4.78 is 19.4. The highest BCUT2D eigenvalue weighted by molar-refractivity contribution is 7.46. The Kier molecular flexibility index (Phi) is 4.76. The average Bonchev–Trinajstić information content (AvgIpc) is 2.45. The molecule has 1 aliphatic heterocycles. The van der Waals surface area contributed by atoms with E-state index in [0.717, 1.165) is 0 Å². The van der Waals surface area contributed by atoms with Crippen molar-refractivity contribution in [1.82, 2.24) is 5.32 Å². The molecule has 4 atom stereocenters. The molecule has 11 nitrogen and oxygen atoms in total. The van der Waals surface area contributed by atoms with Gasteiger partial charge in [0, 0.05) is 0 Å². The first-order valence-corrected chi connectivity index (χ1v) is 6.06. The monoisotopic (exact) mass is 285 g/mol. The van der Waals surface area contributed by atoms with Crippen LogP contribution in [0.15, 0.2) is 4.99 Å². The summed E-state index contributed by atoms with van der Waals surface area (Å²) in [5.74, 6) is -0.405. The van der Waals surface area contributed by atoms with Gasteiger partial charge in [-0.3, -0.25) is 14.6 Å². The lowest BCUT2D eigenvalue weighted by Crippen LogP contribution is -2.36. The molecule has 1 aliphatic rings. The van der Waals surface area contributed by atoms with Gasteiger partial charge >= 0.3 is 7.82 Å². The number of hydrogen-bond donors (Lipinski definition) is 6. The molecule has 0 saturated carbocycles. The zero-order valence-corrected chi connectivity index (χ0v) is 9.67. The molecular formula is C6H12N3O8P. The van der Waals surface area contributed by atoms with Crippen molar-refractivity contribution in [2.75, 3.05) is 0 Å². The van der Waals surface area contributed by atoms with Crippen LogP contribution in [0.2, 0.25) is 0 Å². The van der Waals surface area contributed by atoms with Gasteiger partial charge in [-0.1, -0.05) is 0 Å². The molecule has 1 amide bonds. The van der Waals surface area contributed by atoms with E-state index in [1.807, 2.05) is 5.32 Å². The number of carbonyl (C=O) groups excluding carboxylic acids is 1. The molecule has 0 aromatic heterocycles. The quantitative estimate of drug-likeness (QED) is 0.132. The van der Waals surface area contributed by atoms with Crippen LogP contribution in [0.1, 0.15) is 0 Å². The van der Waals surface area contributed by atoms with Crippen molar-refractivity contribution in [3.05, 3.63) is 0 Å². The average molecular weight is 285 g/mol. The van der Waals surface area contributed by atoms with Gasteiger partial charge in [-0.05, 0) is 0 Å². The number of rotatable bonds is 4. The fourth-order valence-corrected chi connectivity index (χ4v) is 1.64. The molecular weight excluding hydrogens is 273 g/mol. The third-order valence-electron chi connectivity index (χ3n) is 1.91. The molecule has 0 radical (unpaired) electrons. The van der Waals surface area contributed by atoms with Crippen molar-refractivity contribution in [2.45, 2.75) is 24.7 Å². The first-order valence-electron chi connectivity index (χ1n) is 4.53. The summed E-state index contributed by atoms with van der Waals surface area (Å²) in [6.45, 7) is 0. The van der Waals surface area contributed by atoms with Gasteiger partial charge < -0.3 is 30.5 Å². The van der Waals surface area contributed by atoms with Crippen LogP contribution in [-0.4, -0.2) is 57.1 Å². The molecule has 0 bridgehead atoms. The van der Waals surface area contributed by atoms with E-state index in [9.17, 15) is 19.6 Å². The summed E-state index contributed by atoms with van der Waals surface area (Å²) in [4.78, 5) is 30.6. The Labute approximate surface area is 100 Å². The highest BCUT2D eigenvalue weighted by Gasteiger charge is 2.46. The Bertz CT molecular complexity index is 383. The van der Waals surface area contributed by atoms with E-state index in [0.29, 0.717) is 0 Å². The lowest BCUT2D eigenvalue weighted by Gasteiger charge is -2.14. The van der Waals surface area contributed by atoms with Crippen LogP contribution >= 0.6 is 7.82 Å². The second-order valence-corrected chi connectivity index (χ2v) is 4.44. The van der Waals surface area contributed by atoms with Crippen LogP contribution in [0.5, 0.6) is 0 Å². The molecule has 1 fully saturated rings. The SMILES string of the molecule is NC(=NC1OC(OP(=O)(O)O)C(O)C1O)NC=O. The number of hydrogen-bond acceptors (Lipinski definition) is 7. The Hall–Kier alpha value is -1.07. The van der Waals surface area contributed by atoms with Crippen LogP contribution in [0, 0.1) is 0 Å². The summed E-state index contributed by atoms with van der Waals surface area (Å²) in [6.07, 6.45) is -6.31. The number of aliphatic hydroxyl groups excluding tert-OH is 2. The Morgan fingerprint density at radius 2 is 2.06 bits per heavy atom. The van der Waals surface area contributed by atoms with Gasteiger partial charge in [0.2, 0.25) is 6.41 Å². The summed E-state index contributed by atoms with van der Waals surface area (Å²) in [7, 11) is -4.90. The highest BCUT2D eigenvalue weighted by atomic mass is 31.2. The second-order valence-electron chi connectivity index (χ2n) is 3.25. The minimum absolute atomic E-state index is 0.222. The minimum atomic E-state index is -4.90. The van der Waals surface area contributed by atoms with Crippen molar-refractivity contribution < 1.29 is 38.6 Å². The van der Waals surface area contributed by atoms with Crippen LogP contribution in [0.3, 0.4) is 0 Å². The molecule has 4 unspecified atom stereocenters. The molecule has 0 aliphatic carbocycles. The van der Waals surface area contributed by atoms with Crippen LogP contribution in [-0.2, 0) is 18.6 Å².